The van der Waals surface area contributed by atoms with Gasteiger partial charge in [0.05, 0.1) is 7.11 Å². The van der Waals surface area contributed by atoms with Crippen LogP contribution in [0.4, 0.5) is 4.39 Å². The second kappa shape index (κ2) is 8.30. The Balaban J connectivity index is 2.15. The minimum Gasteiger partial charge on any atom is -0.494 e. The second-order valence-electron chi connectivity index (χ2n) is 5.19. The lowest BCUT2D eigenvalue weighted by Gasteiger charge is -2.36. The first-order valence-electron chi connectivity index (χ1n) is 7.43. The topological polar surface area (TPSA) is 21.3 Å². The van der Waals surface area contributed by atoms with Gasteiger partial charge in [0, 0.05) is 28.0 Å². The van der Waals surface area contributed by atoms with Crippen LogP contribution in [0.1, 0.15) is 18.9 Å². The summed E-state index contributed by atoms with van der Waals surface area (Å²) in [6.07, 6.45) is 1.87. The van der Waals surface area contributed by atoms with Crippen molar-refractivity contribution in [1.82, 2.24) is 5.32 Å². The molecule has 0 bridgehead atoms. The van der Waals surface area contributed by atoms with Crippen LogP contribution in [-0.4, -0.2) is 42.2 Å². The maximum Gasteiger partial charge on any atom is 0.168 e. The highest BCUT2D eigenvalue weighted by molar-refractivity contribution is 8.07. The van der Waals surface area contributed by atoms with Crippen LogP contribution >= 0.6 is 23.5 Å². The second-order valence-corrected chi connectivity index (χ2v) is 7.82. The van der Waals surface area contributed by atoms with Gasteiger partial charge in [-0.2, -0.15) is 23.5 Å². The number of likely N-dealkylation sites (N-methyl/N-ethyl adjacent to an activating group) is 1. The van der Waals surface area contributed by atoms with Crippen LogP contribution in [0.25, 0.3) is 0 Å². The molecule has 0 saturated carbocycles. The first kappa shape index (κ1) is 17.0. The van der Waals surface area contributed by atoms with Gasteiger partial charge in [-0.05, 0) is 31.5 Å². The van der Waals surface area contributed by atoms with Crippen LogP contribution in [0.3, 0.4) is 0 Å². The van der Waals surface area contributed by atoms with Crippen molar-refractivity contribution in [2.45, 2.75) is 36.3 Å². The number of benzene rings is 1. The first-order chi connectivity index (χ1) is 10.2. The third-order valence-electron chi connectivity index (χ3n) is 3.96. The molecule has 21 heavy (non-hydrogen) atoms. The Morgan fingerprint density at radius 3 is 2.81 bits per heavy atom. The number of hydrogen-bond acceptors (Lipinski definition) is 4. The summed E-state index contributed by atoms with van der Waals surface area (Å²) in [5, 5.41) is 4.59. The minimum absolute atomic E-state index is 0.221. The van der Waals surface area contributed by atoms with Crippen molar-refractivity contribution >= 4 is 23.5 Å². The Kier molecular flexibility index (Phi) is 6.71. The SMILES string of the molecule is CCC1SCCSC1C(Cc1cccc(OC)c1F)NC. The van der Waals surface area contributed by atoms with E-state index in [-0.39, 0.29) is 11.9 Å². The van der Waals surface area contributed by atoms with Crippen LogP contribution < -0.4 is 10.1 Å². The molecule has 5 heteroatoms. The number of halogens is 1. The molecule has 2 rings (SSSR count). The molecular weight excluding hydrogens is 305 g/mol. The standard InChI is InChI=1S/C16H24FNOS2/c1-4-14-16(21-9-8-20-14)12(18-2)10-11-6-5-7-13(19-3)15(11)17/h5-7,12,14,16,18H,4,8-10H2,1-3H3. The molecule has 0 radical (unpaired) electrons. The van der Waals surface area contributed by atoms with Crippen molar-refractivity contribution in [3.8, 4) is 5.75 Å². The van der Waals surface area contributed by atoms with Gasteiger partial charge >= 0.3 is 0 Å². The Bertz CT molecular complexity index is 458. The number of ether oxygens (including phenoxy) is 1. The molecule has 1 N–H and O–H groups in total. The summed E-state index contributed by atoms with van der Waals surface area (Å²) in [6, 6.07) is 5.69. The molecule has 1 heterocycles. The van der Waals surface area contributed by atoms with E-state index in [0.29, 0.717) is 22.7 Å². The molecule has 3 unspecified atom stereocenters. The molecule has 2 nitrogen and oxygen atoms in total. The Hall–Kier alpha value is -0.390. The van der Waals surface area contributed by atoms with Crippen molar-refractivity contribution < 1.29 is 9.13 Å². The number of methoxy groups -OCH3 is 1. The van der Waals surface area contributed by atoms with E-state index >= 15 is 0 Å². The monoisotopic (exact) mass is 329 g/mol. The van der Waals surface area contributed by atoms with Crippen LogP contribution in [0.5, 0.6) is 5.75 Å². The van der Waals surface area contributed by atoms with Crippen molar-refractivity contribution in [2.24, 2.45) is 0 Å². The van der Waals surface area contributed by atoms with E-state index in [4.69, 9.17) is 4.74 Å². The quantitative estimate of drug-likeness (QED) is 0.860. The summed E-state index contributed by atoms with van der Waals surface area (Å²) in [5.41, 5.74) is 0.736. The van der Waals surface area contributed by atoms with Gasteiger partial charge in [0.25, 0.3) is 0 Å². The van der Waals surface area contributed by atoms with Gasteiger partial charge in [-0.3, -0.25) is 0 Å². The average Bonchev–Trinajstić information content (AvgIpc) is 2.54. The summed E-state index contributed by atoms with van der Waals surface area (Å²) in [5.74, 6) is 2.52. The molecule has 0 spiro atoms. The first-order valence-corrected chi connectivity index (χ1v) is 9.52. The van der Waals surface area contributed by atoms with E-state index < -0.39 is 0 Å². The molecule has 118 valence electrons. The van der Waals surface area contributed by atoms with Gasteiger partial charge in [0.2, 0.25) is 0 Å². The summed E-state index contributed by atoms with van der Waals surface area (Å²) >= 11 is 4.08. The predicted octanol–water partition coefficient (Wildman–Crippen LogP) is 3.59. The maximum atomic E-state index is 14.4. The maximum absolute atomic E-state index is 14.4. The highest BCUT2D eigenvalue weighted by atomic mass is 32.2. The highest BCUT2D eigenvalue weighted by Gasteiger charge is 2.31. The summed E-state index contributed by atoms with van der Waals surface area (Å²) in [6.45, 7) is 2.25. The molecule has 1 saturated heterocycles. The molecule has 1 fully saturated rings. The van der Waals surface area contributed by atoms with Gasteiger partial charge in [0.15, 0.2) is 11.6 Å². The predicted molar refractivity (Wildman–Crippen MR) is 92.3 cm³/mol. The van der Waals surface area contributed by atoms with Gasteiger partial charge in [-0.15, -0.1) is 0 Å². The lowest BCUT2D eigenvalue weighted by Crippen LogP contribution is -2.45. The van der Waals surface area contributed by atoms with E-state index in [0.717, 1.165) is 5.56 Å². The van der Waals surface area contributed by atoms with Crippen molar-refractivity contribution in [2.75, 3.05) is 25.7 Å². The molecule has 1 aliphatic heterocycles. The average molecular weight is 330 g/mol. The smallest absolute Gasteiger partial charge is 0.168 e. The van der Waals surface area contributed by atoms with E-state index in [1.165, 1.54) is 25.0 Å². The van der Waals surface area contributed by atoms with Crippen LogP contribution in [0.15, 0.2) is 18.2 Å². The van der Waals surface area contributed by atoms with Crippen LogP contribution in [0.2, 0.25) is 0 Å². The summed E-state index contributed by atoms with van der Waals surface area (Å²) in [7, 11) is 3.49. The zero-order valence-corrected chi connectivity index (χ0v) is 14.5. The summed E-state index contributed by atoms with van der Waals surface area (Å²) < 4.78 is 19.4. The number of thioether (sulfide) groups is 2. The van der Waals surface area contributed by atoms with Crippen molar-refractivity contribution in [3.05, 3.63) is 29.6 Å². The fourth-order valence-electron chi connectivity index (χ4n) is 2.80. The Morgan fingerprint density at radius 2 is 2.14 bits per heavy atom. The fraction of sp³-hybridized carbons (Fsp3) is 0.625. The number of rotatable bonds is 6. The van der Waals surface area contributed by atoms with E-state index in [9.17, 15) is 4.39 Å². The molecule has 1 aliphatic rings. The molecule has 0 aliphatic carbocycles. The normalized spacial score (nSPS) is 23.8. The summed E-state index contributed by atoms with van der Waals surface area (Å²) in [4.78, 5) is 0. The van der Waals surface area contributed by atoms with E-state index in [2.05, 4.69) is 24.0 Å². The molecule has 1 aromatic rings. The van der Waals surface area contributed by atoms with E-state index in [1.54, 1.807) is 6.07 Å². The molecule has 1 aromatic carbocycles. The zero-order chi connectivity index (χ0) is 15.2. The van der Waals surface area contributed by atoms with Gasteiger partial charge in [-0.1, -0.05) is 19.1 Å². The highest BCUT2D eigenvalue weighted by Crippen LogP contribution is 2.36. The number of hydrogen-bond donors (Lipinski definition) is 1. The molecular formula is C16H24FNOS2. The molecule has 0 aromatic heterocycles. The third kappa shape index (κ3) is 4.08. The lowest BCUT2D eigenvalue weighted by molar-refractivity contribution is 0.382. The van der Waals surface area contributed by atoms with Gasteiger partial charge in [0.1, 0.15) is 0 Å². The van der Waals surface area contributed by atoms with Gasteiger partial charge < -0.3 is 10.1 Å². The van der Waals surface area contributed by atoms with Crippen molar-refractivity contribution in [1.29, 1.82) is 0 Å². The van der Waals surface area contributed by atoms with Crippen LogP contribution in [-0.2, 0) is 6.42 Å². The molecule has 0 amide bonds. The Labute approximate surface area is 135 Å². The molecule has 3 atom stereocenters. The largest absolute Gasteiger partial charge is 0.494 e. The third-order valence-corrected chi connectivity index (χ3v) is 7.37. The Morgan fingerprint density at radius 1 is 1.38 bits per heavy atom. The van der Waals surface area contributed by atoms with Gasteiger partial charge in [-0.25, -0.2) is 4.39 Å². The fourth-order valence-corrected chi connectivity index (χ4v) is 6.11. The minimum atomic E-state index is -0.221. The van der Waals surface area contributed by atoms with E-state index in [1.807, 2.05) is 30.9 Å². The lowest BCUT2D eigenvalue weighted by atomic mass is 9.99. The van der Waals surface area contributed by atoms with Crippen LogP contribution in [0, 0.1) is 5.82 Å². The van der Waals surface area contributed by atoms with Crippen molar-refractivity contribution in [3.63, 3.8) is 0 Å². The number of nitrogens with one attached hydrogen (secondary N) is 1. The zero-order valence-electron chi connectivity index (χ0n) is 12.9.